The molecule has 2 aromatic carbocycles. The Kier molecular flexibility index (Phi) is 5.38. The smallest absolute Gasteiger partial charge is 0.257 e. The SMILES string of the molecule is Fc1ccc(C[n+]2cc(-c3ccc(Cl)c(Cl)c3)n3c2CCC3)cc1.[Cl-]. The van der Waals surface area contributed by atoms with Crippen LogP contribution in [0.5, 0.6) is 0 Å². The Morgan fingerprint density at radius 1 is 1.04 bits per heavy atom. The Morgan fingerprint density at radius 2 is 1.80 bits per heavy atom. The summed E-state index contributed by atoms with van der Waals surface area (Å²) in [4.78, 5) is 0. The molecule has 0 amide bonds. The highest BCUT2D eigenvalue weighted by Gasteiger charge is 2.28. The monoisotopic (exact) mass is 396 g/mol. The third-order valence-electron chi connectivity index (χ3n) is 4.48. The van der Waals surface area contributed by atoms with Crippen molar-refractivity contribution in [1.82, 2.24) is 4.57 Å². The third-order valence-corrected chi connectivity index (χ3v) is 5.21. The minimum atomic E-state index is -0.206. The van der Waals surface area contributed by atoms with Crippen molar-refractivity contribution >= 4 is 23.2 Å². The lowest BCUT2D eigenvalue weighted by Gasteiger charge is -2.01. The summed E-state index contributed by atoms with van der Waals surface area (Å²) in [6.07, 6.45) is 4.33. The van der Waals surface area contributed by atoms with E-state index in [1.807, 2.05) is 30.3 Å². The van der Waals surface area contributed by atoms with Gasteiger partial charge in [0.05, 0.1) is 23.0 Å². The lowest BCUT2D eigenvalue weighted by Crippen LogP contribution is -3.00. The number of nitrogens with zero attached hydrogens (tertiary/aromatic N) is 2. The maximum atomic E-state index is 13.1. The fourth-order valence-corrected chi connectivity index (χ4v) is 3.62. The van der Waals surface area contributed by atoms with E-state index in [9.17, 15) is 4.39 Å². The molecule has 0 saturated carbocycles. The summed E-state index contributed by atoms with van der Waals surface area (Å²) >= 11 is 12.2. The van der Waals surface area contributed by atoms with Gasteiger partial charge in [0.1, 0.15) is 18.6 Å². The zero-order chi connectivity index (χ0) is 16.7. The van der Waals surface area contributed by atoms with Gasteiger partial charge in [0.2, 0.25) is 0 Å². The molecule has 0 unspecified atom stereocenters. The lowest BCUT2D eigenvalue weighted by molar-refractivity contribution is -0.694. The molecule has 0 radical (unpaired) electrons. The molecule has 2 heterocycles. The number of hydrogen-bond donors (Lipinski definition) is 0. The minimum absolute atomic E-state index is 0. The average Bonchev–Trinajstić information content (AvgIpc) is 3.16. The van der Waals surface area contributed by atoms with Gasteiger partial charge in [-0.15, -0.1) is 0 Å². The quantitative estimate of drug-likeness (QED) is 0.597. The Bertz CT molecular complexity index is 904. The number of aromatic nitrogens is 2. The molecule has 0 atom stereocenters. The lowest BCUT2D eigenvalue weighted by atomic mass is 10.1. The molecule has 0 bridgehead atoms. The summed E-state index contributed by atoms with van der Waals surface area (Å²) in [6.45, 7) is 1.73. The molecule has 0 N–H and O–H groups in total. The second kappa shape index (κ2) is 7.36. The molecule has 1 aliphatic rings. The van der Waals surface area contributed by atoms with Crippen molar-refractivity contribution in [2.45, 2.75) is 25.9 Å². The van der Waals surface area contributed by atoms with Gasteiger partial charge in [0.25, 0.3) is 5.82 Å². The van der Waals surface area contributed by atoms with Gasteiger partial charge in [-0.3, -0.25) is 0 Å². The predicted molar refractivity (Wildman–Crippen MR) is 93.9 cm³/mol. The van der Waals surface area contributed by atoms with Crippen molar-refractivity contribution in [1.29, 1.82) is 0 Å². The van der Waals surface area contributed by atoms with E-state index >= 15 is 0 Å². The van der Waals surface area contributed by atoms with Gasteiger partial charge in [0, 0.05) is 5.56 Å². The Hall–Kier alpha value is -1.55. The van der Waals surface area contributed by atoms with Crippen molar-refractivity contribution in [3.8, 4) is 11.3 Å². The normalized spacial score (nSPS) is 12.8. The Morgan fingerprint density at radius 3 is 2.52 bits per heavy atom. The van der Waals surface area contributed by atoms with Crippen LogP contribution >= 0.6 is 23.2 Å². The molecule has 130 valence electrons. The van der Waals surface area contributed by atoms with Crippen LogP contribution in [0, 0.1) is 5.82 Å². The molecule has 1 aromatic heterocycles. The Labute approximate surface area is 162 Å². The molecule has 6 heteroatoms. The van der Waals surface area contributed by atoms with Crippen LogP contribution in [0.3, 0.4) is 0 Å². The molecule has 0 spiro atoms. The molecule has 2 nitrogen and oxygen atoms in total. The highest BCUT2D eigenvalue weighted by Crippen LogP contribution is 2.30. The molecule has 0 saturated heterocycles. The van der Waals surface area contributed by atoms with E-state index in [1.54, 1.807) is 0 Å². The van der Waals surface area contributed by atoms with Gasteiger partial charge in [0.15, 0.2) is 5.69 Å². The van der Waals surface area contributed by atoms with E-state index < -0.39 is 0 Å². The maximum Gasteiger partial charge on any atom is 0.257 e. The first-order valence-electron chi connectivity index (χ1n) is 7.93. The summed E-state index contributed by atoms with van der Waals surface area (Å²) in [5, 5.41) is 1.13. The van der Waals surface area contributed by atoms with Crippen LogP contribution in [-0.4, -0.2) is 4.57 Å². The largest absolute Gasteiger partial charge is 1.00 e. The zero-order valence-corrected chi connectivity index (χ0v) is 15.6. The number of halogens is 4. The molecule has 0 fully saturated rings. The van der Waals surface area contributed by atoms with Crippen LogP contribution in [0.2, 0.25) is 10.0 Å². The van der Waals surface area contributed by atoms with Gasteiger partial charge in [-0.25, -0.2) is 13.5 Å². The Balaban J connectivity index is 0.00000182. The number of hydrogen-bond acceptors (Lipinski definition) is 0. The van der Waals surface area contributed by atoms with Crippen molar-refractivity contribution in [3.05, 3.63) is 75.9 Å². The summed E-state index contributed by atoms with van der Waals surface area (Å²) < 4.78 is 17.7. The van der Waals surface area contributed by atoms with Crippen LogP contribution in [0.15, 0.2) is 48.7 Å². The van der Waals surface area contributed by atoms with Gasteiger partial charge in [-0.2, -0.15) is 0 Å². The summed E-state index contributed by atoms with van der Waals surface area (Å²) in [6, 6.07) is 12.4. The molecule has 4 rings (SSSR count). The van der Waals surface area contributed by atoms with Crippen molar-refractivity contribution in [3.63, 3.8) is 0 Å². The fraction of sp³-hybridized carbons (Fsp3) is 0.211. The average molecular weight is 398 g/mol. The van der Waals surface area contributed by atoms with E-state index in [4.69, 9.17) is 23.2 Å². The van der Waals surface area contributed by atoms with Crippen molar-refractivity contribution in [2.24, 2.45) is 0 Å². The van der Waals surface area contributed by atoms with Gasteiger partial charge >= 0.3 is 0 Å². The van der Waals surface area contributed by atoms with E-state index in [1.165, 1.54) is 18.0 Å². The first-order valence-corrected chi connectivity index (χ1v) is 8.69. The molecular weight excluding hydrogens is 382 g/mol. The molecule has 25 heavy (non-hydrogen) atoms. The second-order valence-electron chi connectivity index (χ2n) is 6.07. The molecular formula is C19H16Cl3FN2. The number of rotatable bonds is 3. The third kappa shape index (κ3) is 3.55. The van der Waals surface area contributed by atoms with E-state index in [-0.39, 0.29) is 18.2 Å². The van der Waals surface area contributed by atoms with E-state index in [2.05, 4.69) is 15.3 Å². The predicted octanol–water partition coefficient (Wildman–Crippen LogP) is 1.89. The fourth-order valence-electron chi connectivity index (χ4n) is 3.32. The topological polar surface area (TPSA) is 8.81 Å². The van der Waals surface area contributed by atoms with Crippen molar-refractivity contribution < 1.29 is 21.4 Å². The maximum absolute atomic E-state index is 13.1. The van der Waals surface area contributed by atoms with Gasteiger partial charge in [-0.05, 0) is 42.3 Å². The van der Waals surface area contributed by atoms with Gasteiger partial charge < -0.3 is 12.4 Å². The van der Waals surface area contributed by atoms with Crippen molar-refractivity contribution in [2.75, 3.05) is 0 Å². The number of fused-ring (bicyclic) bond motifs is 1. The highest BCUT2D eigenvalue weighted by atomic mass is 35.5. The van der Waals surface area contributed by atoms with Crippen LogP contribution in [-0.2, 0) is 19.5 Å². The minimum Gasteiger partial charge on any atom is -1.00 e. The summed E-state index contributed by atoms with van der Waals surface area (Å²) in [5.41, 5.74) is 3.29. The number of imidazole rings is 1. The van der Waals surface area contributed by atoms with E-state index in [0.29, 0.717) is 10.0 Å². The second-order valence-corrected chi connectivity index (χ2v) is 6.88. The first-order chi connectivity index (χ1) is 11.6. The van der Waals surface area contributed by atoms with Crippen LogP contribution < -0.4 is 17.0 Å². The van der Waals surface area contributed by atoms with Gasteiger partial charge in [-0.1, -0.05) is 35.3 Å². The standard InChI is InChI=1S/C19H16Cl2FN2.ClH/c20-16-8-5-14(10-17(16)21)18-12-23(19-2-1-9-24(18)19)11-13-3-6-15(22)7-4-13;/h3-8,10,12H,1-2,9,11H2;1H/q+1;/p-1. The zero-order valence-electron chi connectivity index (χ0n) is 13.4. The molecule has 1 aliphatic heterocycles. The van der Waals surface area contributed by atoms with Crippen LogP contribution in [0.1, 0.15) is 17.8 Å². The highest BCUT2D eigenvalue weighted by molar-refractivity contribution is 6.42. The molecule has 3 aromatic rings. The van der Waals surface area contributed by atoms with Crippen LogP contribution in [0.25, 0.3) is 11.3 Å². The summed E-state index contributed by atoms with van der Waals surface area (Å²) in [5.74, 6) is 1.09. The first kappa shape index (κ1) is 18.2. The number of benzene rings is 2. The molecule has 0 aliphatic carbocycles. The van der Waals surface area contributed by atoms with Crippen LogP contribution in [0.4, 0.5) is 4.39 Å². The van der Waals surface area contributed by atoms with E-state index in [0.717, 1.165) is 42.8 Å². The summed E-state index contributed by atoms with van der Waals surface area (Å²) in [7, 11) is 0.